The minimum Gasteiger partial charge on any atom is -0.673 e. The normalized spacial score (nSPS) is 12.2. The molecule has 2 aromatic rings. The van der Waals surface area contributed by atoms with E-state index in [2.05, 4.69) is 19.7 Å². The van der Waals surface area contributed by atoms with Gasteiger partial charge >= 0.3 is 0 Å². The van der Waals surface area contributed by atoms with Crippen LogP contribution in [0.2, 0.25) is 0 Å². The van der Waals surface area contributed by atoms with Gasteiger partial charge in [0.15, 0.2) is 0 Å². The van der Waals surface area contributed by atoms with Crippen molar-refractivity contribution < 1.29 is 19.3 Å². The van der Waals surface area contributed by atoms with Gasteiger partial charge in [-0.25, -0.2) is 4.39 Å². The minimum atomic E-state index is -0.750. The smallest absolute Gasteiger partial charge is 0.140 e. The molecule has 0 aromatic heterocycles. The maximum absolute atomic E-state index is 13.7. The van der Waals surface area contributed by atoms with Crippen LogP contribution in [-0.4, -0.2) is 43.3 Å². The molecule has 34 heavy (non-hydrogen) atoms. The van der Waals surface area contributed by atoms with Crippen molar-refractivity contribution in [2.75, 3.05) is 32.0 Å². The number of hydrogen-bond acceptors (Lipinski definition) is 4. The number of benzene rings is 2. The summed E-state index contributed by atoms with van der Waals surface area (Å²) >= 11 is 0. The van der Waals surface area contributed by atoms with Gasteiger partial charge in [0, 0.05) is 13.7 Å². The number of aliphatic hydroxyl groups excluding tert-OH is 1. The topological polar surface area (TPSA) is 76.7 Å². The molecule has 3 N–H and O–H groups in total. The first-order valence-corrected chi connectivity index (χ1v) is 10.9. The molecule has 0 aliphatic heterocycles. The number of rotatable bonds is 11. The summed E-state index contributed by atoms with van der Waals surface area (Å²) in [6.07, 6.45) is 8.79. The fourth-order valence-electron chi connectivity index (χ4n) is 3.26. The minimum absolute atomic E-state index is 0. The Labute approximate surface area is 197 Å². The van der Waals surface area contributed by atoms with Gasteiger partial charge in [-0.05, 0) is 36.7 Å². The first-order chi connectivity index (χ1) is 15.9. The fraction of sp³-hybridized carbons (Fsp3) is 0.333. The third kappa shape index (κ3) is 9.79. The molecule has 1 unspecified atom stereocenters. The van der Waals surface area contributed by atoms with E-state index in [-0.39, 0.29) is 11.9 Å². The van der Waals surface area contributed by atoms with Gasteiger partial charge in [-0.15, -0.1) is 17.8 Å². The number of aliphatic hydroxyl groups is 2. The summed E-state index contributed by atoms with van der Waals surface area (Å²) in [7, 11) is 1.64. The predicted octanol–water partition coefficient (Wildman–Crippen LogP) is 5.69. The average Bonchev–Trinajstić information content (AvgIpc) is 2.80. The van der Waals surface area contributed by atoms with Crippen LogP contribution in [-0.2, 0) is 4.74 Å². The third-order valence-corrected chi connectivity index (χ3v) is 4.82. The second-order valence-electron chi connectivity index (χ2n) is 7.39. The molecule has 2 rings (SSSR count). The summed E-state index contributed by atoms with van der Waals surface area (Å²) < 4.78 is 19.1. The summed E-state index contributed by atoms with van der Waals surface area (Å²) in [5.74, 6) is -0.231. The molecule has 0 spiro atoms. The fourth-order valence-corrected chi connectivity index (χ4v) is 3.26. The monoisotopic (exact) mass is 706 g/mol. The van der Waals surface area contributed by atoms with Crippen molar-refractivity contribution in [3.63, 3.8) is 0 Å². The Kier molecular flexibility index (Phi) is 14.9. The van der Waals surface area contributed by atoms with Gasteiger partial charge in [-0.1, -0.05) is 80.1 Å². The van der Waals surface area contributed by atoms with Crippen molar-refractivity contribution >= 4 is 11.3 Å². The van der Waals surface area contributed by atoms with Crippen molar-refractivity contribution in [2.45, 2.75) is 32.7 Å². The van der Waals surface area contributed by atoms with E-state index in [0.29, 0.717) is 18.7 Å². The van der Waals surface area contributed by atoms with Crippen LogP contribution in [0.5, 0.6) is 0 Å². The first-order valence-electron chi connectivity index (χ1n) is 10.9. The van der Waals surface area contributed by atoms with Gasteiger partial charge in [0.05, 0.1) is 0 Å². The molecule has 0 bridgehead atoms. The Morgan fingerprint density at radius 3 is 2.41 bits per heavy atom. The van der Waals surface area contributed by atoms with E-state index in [1.54, 1.807) is 26.2 Å². The molecule has 0 saturated carbocycles. The van der Waals surface area contributed by atoms with Crippen LogP contribution in [0, 0.1) is 18.9 Å². The van der Waals surface area contributed by atoms with Gasteiger partial charge in [0.1, 0.15) is 12.6 Å². The van der Waals surface area contributed by atoms with Gasteiger partial charge in [-0.3, -0.25) is 0 Å². The Hall–Kier alpha value is -3.77. The van der Waals surface area contributed by atoms with Crippen molar-refractivity contribution in [3.8, 4) is 0 Å². The van der Waals surface area contributed by atoms with E-state index in [9.17, 15) is 4.39 Å². The number of allylic oxidation sites excluding steroid dienone is 2. The zero-order chi connectivity index (χ0) is 24.6. The third-order valence-electron chi connectivity index (χ3n) is 4.82. The van der Waals surface area contributed by atoms with E-state index >= 15 is 0 Å². The Bertz CT molecular complexity index is 904. The molecule has 1 radical (unpaired) electrons. The van der Waals surface area contributed by atoms with Gasteiger partial charge in [0.2, 0.25) is 0 Å². The zero-order valence-corrected chi connectivity index (χ0v) is 22.5. The molecule has 0 aliphatic carbocycles. The van der Waals surface area contributed by atoms with Crippen LogP contribution in [0.3, 0.4) is 0 Å². The van der Waals surface area contributed by atoms with E-state index < -0.39 is 6.79 Å². The van der Waals surface area contributed by atoms with Crippen molar-refractivity contribution in [3.05, 3.63) is 102 Å². The molecule has 0 fully saturated rings. The molecule has 0 heterocycles. The van der Waals surface area contributed by atoms with Crippen LogP contribution in [0.25, 0.3) is 11.3 Å². The zero-order valence-electron chi connectivity index (χ0n) is 20.0. The number of halogens is 1. The molecular weight excluding hydrogens is 671 g/mol. The number of methoxy groups -OCH3 is 1. The molecule has 5 nitrogen and oxygen atoms in total. The van der Waals surface area contributed by atoms with Crippen molar-refractivity contribution in [1.29, 1.82) is 0 Å². The SMILES string of the molecule is C=C/C(=C(\C=[C-]N(CC([NH-])CCC)c1ccccc1)COC)c1ccc(F)c(C)c1.OCO.[Es]. The van der Waals surface area contributed by atoms with Gasteiger partial charge in [0.25, 0.3) is 0 Å². The summed E-state index contributed by atoms with van der Waals surface area (Å²) in [6.45, 7) is 7.96. The second-order valence-corrected chi connectivity index (χ2v) is 7.39. The Morgan fingerprint density at radius 2 is 1.88 bits per heavy atom. The molecule has 191 valence electrons. The van der Waals surface area contributed by atoms with Crippen molar-refractivity contribution in [1.82, 2.24) is 0 Å². The Balaban J connectivity index is 0.00000258. The predicted molar refractivity (Wildman–Crippen MR) is 134 cm³/mol. The number of nitrogens with one attached hydrogen (secondary N) is 1. The van der Waals surface area contributed by atoms with Crippen molar-refractivity contribution in [2.24, 2.45) is 0 Å². The molecule has 2 aromatic carbocycles. The average molecular weight is 707 g/mol. The molecule has 0 saturated heterocycles. The summed E-state index contributed by atoms with van der Waals surface area (Å²) in [4.78, 5) is 1.97. The summed E-state index contributed by atoms with van der Waals surface area (Å²) in [5.41, 5.74) is 12.5. The second kappa shape index (κ2) is 16.8. The summed E-state index contributed by atoms with van der Waals surface area (Å²) in [5, 5.41) is 14.2. The molecule has 0 amide bonds. The van der Waals surface area contributed by atoms with Gasteiger partial charge in [-0.2, -0.15) is 6.08 Å². The first kappa shape index (κ1) is 30.2. The van der Waals surface area contributed by atoms with E-state index in [0.717, 1.165) is 35.2 Å². The maximum Gasteiger partial charge on any atom is 0.140 e. The molecular formula is C27H35EsFN2O3-2. The summed E-state index contributed by atoms with van der Waals surface area (Å²) in [6, 6.07) is 14.8. The number of ether oxygens (including phenoxy) is 1. The van der Waals surface area contributed by atoms with E-state index in [4.69, 9.17) is 20.7 Å². The number of nitrogens with zero attached hydrogens (tertiary/aromatic N) is 1. The van der Waals surface area contributed by atoms with Crippen LogP contribution < -0.4 is 4.90 Å². The number of anilines is 1. The standard InChI is InChI=1S/C26H31FN2O.CH4O2.Es/c1-5-10-23(28)18-29(24-11-8-7-9-12-24)16-15-22(19-30-4)25(6-2)21-13-14-26(27)20(3)17-21;2-1-3;/h6-9,11-15,17,23,28H,2,5,10,18-19H2,1,3-4H3;2-3H,1H2;/q-2;;/b25-22-;;. The largest absolute Gasteiger partial charge is 0.673 e. The van der Waals surface area contributed by atoms with E-state index in [1.165, 1.54) is 6.07 Å². The van der Waals surface area contributed by atoms with Crippen LogP contribution in [0.15, 0.2) is 72.8 Å². The number of para-hydroxylation sites is 1. The molecule has 7 heteroatoms. The van der Waals surface area contributed by atoms with Crippen LogP contribution in [0.4, 0.5) is 10.1 Å². The maximum atomic E-state index is 13.7. The molecule has 0 aliphatic rings. The van der Waals surface area contributed by atoms with E-state index in [1.807, 2.05) is 47.4 Å². The van der Waals surface area contributed by atoms with Crippen LogP contribution >= 0.6 is 0 Å². The number of hydrogen-bond donors (Lipinski definition) is 2. The Morgan fingerprint density at radius 1 is 1.24 bits per heavy atom. The molecule has 1 atom stereocenters. The quantitative estimate of drug-likeness (QED) is 0.136. The van der Waals surface area contributed by atoms with Crippen LogP contribution in [0.1, 0.15) is 30.9 Å². The van der Waals surface area contributed by atoms with Gasteiger partial charge < -0.3 is 25.6 Å². The number of aryl methyl sites for hydroxylation is 1.